The Morgan fingerprint density at radius 1 is 0.943 bits per heavy atom. The maximum absolute atomic E-state index is 13.5. The Hall–Kier alpha value is -2.87. The maximum Gasteiger partial charge on any atom is 0.223 e. The van der Waals surface area contributed by atoms with E-state index in [1.807, 2.05) is 24.3 Å². The molecule has 2 unspecified atom stereocenters. The summed E-state index contributed by atoms with van der Waals surface area (Å²) in [5.41, 5.74) is 3.86. The third-order valence-corrected chi connectivity index (χ3v) is 7.58. The number of carbonyl (C=O) groups excluding carboxylic acids is 1. The lowest BCUT2D eigenvalue weighted by Crippen LogP contribution is -2.33. The number of likely N-dealkylation sites (tertiary alicyclic amines) is 1. The van der Waals surface area contributed by atoms with E-state index < -0.39 is 0 Å². The number of amides is 1. The number of benzene rings is 2. The SMILES string of the molecule is C=CCC(=CCCC(C)C1CCCN(C(=O)CC(c2ccccc2)c2ccccc2)CC1)CC=C. The molecule has 2 heteroatoms. The number of hydrogen-bond acceptors (Lipinski definition) is 1. The molecule has 2 nitrogen and oxygen atoms in total. The zero-order chi connectivity index (χ0) is 24.9. The van der Waals surface area contributed by atoms with Crippen molar-refractivity contribution in [1.82, 2.24) is 4.90 Å². The molecular weight excluding hydrogens is 426 g/mol. The van der Waals surface area contributed by atoms with Crippen LogP contribution in [-0.2, 0) is 4.79 Å². The number of nitrogens with zero attached hydrogens (tertiary/aromatic N) is 1. The average molecular weight is 470 g/mol. The van der Waals surface area contributed by atoms with Gasteiger partial charge in [0, 0.05) is 25.4 Å². The molecule has 1 fully saturated rings. The molecule has 35 heavy (non-hydrogen) atoms. The van der Waals surface area contributed by atoms with Gasteiger partial charge < -0.3 is 4.90 Å². The molecule has 1 heterocycles. The van der Waals surface area contributed by atoms with Crippen molar-refractivity contribution in [2.45, 2.75) is 64.2 Å². The van der Waals surface area contributed by atoms with E-state index in [0.29, 0.717) is 18.3 Å². The van der Waals surface area contributed by atoms with Crippen molar-refractivity contribution in [3.63, 3.8) is 0 Å². The molecule has 0 spiro atoms. The molecule has 2 aromatic rings. The van der Waals surface area contributed by atoms with E-state index >= 15 is 0 Å². The molecule has 0 N–H and O–H groups in total. The molecule has 0 aliphatic carbocycles. The molecule has 1 amide bonds. The molecule has 0 radical (unpaired) electrons. The number of hydrogen-bond donors (Lipinski definition) is 0. The number of carbonyl (C=O) groups is 1. The Labute approximate surface area is 213 Å². The first-order valence-corrected chi connectivity index (χ1v) is 13.4. The van der Waals surface area contributed by atoms with Crippen LogP contribution in [0.25, 0.3) is 0 Å². The van der Waals surface area contributed by atoms with Crippen LogP contribution in [-0.4, -0.2) is 23.9 Å². The van der Waals surface area contributed by atoms with E-state index in [0.717, 1.165) is 45.2 Å². The smallest absolute Gasteiger partial charge is 0.223 e. The summed E-state index contributed by atoms with van der Waals surface area (Å²) in [6, 6.07) is 21.0. The highest BCUT2D eigenvalue weighted by molar-refractivity contribution is 5.77. The lowest BCUT2D eigenvalue weighted by Gasteiger charge is -2.25. The molecule has 3 rings (SSSR count). The summed E-state index contributed by atoms with van der Waals surface area (Å²) in [7, 11) is 0. The third-order valence-electron chi connectivity index (χ3n) is 7.58. The quantitative estimate of drug-likeness (QED) is 0.286. The first-order valence-electron chi connectivity index (χ1n) is 13.4. The summed E-state index contributed by atoms with van der Waals surface area (Å²) in [6.45, 7) is 11.9. The second-order valence-electron chi connectivity index (χ2n) is 10.1. The zero-order valence-corrected chi connectivity index (χ0v) is 21.6. The normalized spacial score (nSPS) is 16.9. The summed E-state index contributed by atoms with van der Waals surface area (Å²) in [5.74, 6) is 1.77. The second kappa shape index (κ2) is 14.5. The van der Waals surface area contributed by atoms with Gasteiger partial charge in [0.25, 0.3) is 0 Å². The van der Waals surface area contributed by atoms with Crippen LogP contribution in [0.3, 0.4) is 0 Å². The van der Waals surface area contributed by atoms with E-state index in [-0.39, 0.29) is 11.8 Å². The lowest BCUT2D eigenvalue weighted by molar-refractivity contribution is -0.131. The monoisotopic (exact) mass is 469 g/mol. The van der Waals surface area contributed by atoms with Crippen LogP contribution in [0.4, 0.5) is 0 Å². The van der Waals surface area contributed by atoms with Gasteiger partial charge in [-0.15, -0.1) is 13.2 Å². The fraction of sp³-hybridized carbons (Fsp3) is 0.424. The van der Waals surface area contributed by atoms with Crippen molar-refractivity contribution in [3.8, 4) is 0 Å². The highest BCUT2D eigenvalue weighted by Gasteiger charge is 2.26. The Morgan fingerprint density at radius 3 is 2.11 bits per heavy atom. The van der Waals surface area contributed by atoms with Gasteiger partial charge in [-0.05, 0) is 67.9 Å². The summed E-state index contributed by atoms with van der Waals surface area (Å²) in [5, 5.41) is 0. The Morgan fingerprint density at radius 2 is 1.54 bits per heavy atom. The highest BCUT2D eigenvalue weighted by atomic mass is 16.2. The summed E-state index contributed by atoms with van der Waals surface area (Å²) >= 11 is 0. The predicted octanol–water partition coefficient (Wildman–Crippen LogP) is 8.33. The number of allylic oxidation sites excluding steroid dienone is 4. The molecular formula is C33H43NO. The Bertz CT molecular complexity index is 894. The largest absolute Gasteiger partial charge is 0.343 e. The predicted molar refractivity (Wildman–Crippen MR) is 149 cm³/mol. The van der Waals surface area contributed by atoms with Gasteiger partial charge in [0.15, 0.2) is 0 Å². The second-order valence-corrected chi connectivity index (χ2v) is 10.1. The van der Waals surface area contributed by atoms with Crippen molar-refractivity contribution >= 4 is 5.91 Å². The molecule has 0 aromatic heterocycles. The van der Waals surface area contributed by atoms with Crippen LogP contribution in [0, 0.1) is 11.8 Å². The lowest BCUT2D eigenvalue weighted by atomic mass is 9.84. The third kappa shape index (κ3) is 8.38. The minimum Gasteiger partial charge on any atom is -0.343 e. The first-order chi connectivity index (χ1) is 17.1. The maximum atomic E-state index is 13.5. The van der Waals surface area contributed by atoms with E-state index in [1.54, 1.807) is 0 Å². The van der Waals surface area contributed by atoms with E-state index in [1.165, 1.54) is 29.5 Å². The van der Waals surface area contributed by atoms with Gasteiger partial charge in [0.2, 0.25) is 5.91 Å². The van der Waals surface area contributed by atoms with Crippen molar-refractivity contribution in [2.24, 2.45) is 11.8 Å². The molecule has 2 aromatic carbocycles. The van der Waals surface area contributed by atoms with E-state index in [2.05, 4.69) is 79.6 Å². The molecule has 2 atom stereocenters. The molecule has 1 aliphatic rings. The fourth-order valence-electron chi connectivity index (χ4n) is 5.45. The fourth-order valence-corrected chi connectivity index (χ4v) is 5.45. The Balaban J connectivity index is 1.57. The average Bonchev–Trinajstić information content (AvgIpc) is 3.15. The minimum atomic E-state index is 0.106. The molecule has 1 saturated heterocycles. The molecule has 0 saturated carbocycles. The van der Waals surface area contributed by atoms with Gasteiger partial charge in [-0.3, -0.25) is 4.79 Å². The van der Waals surface area contributed by atoms with Gasteiger partial charge >= 0.3 is 0 Å². The van der Waals surface area contributed by atoms with Crippen LogP contribution < -0.4 is 0 Å². The van der Waals surface area contributed by atoms with Gasteiger partial charge in [0.05, 0.1) is 0 Å². The first kappa shape index (κ1) is 26.7. The molecule has 0 bridgehead atoms. The van der Waals surface area contributed by atoms with Crippen LogP contribution >= 0.6 is 0 Å². The van der Waals surface area contributed by atoms with Crippen molar-refractivity contribution < 1.29 is 4.79 Å². The van der Waals surface area contributed by atoms with E-state index in [9.17, 15) is 4.79 Å². The van der Waals surface area contributed by atoms with Gasteiger partial charge in [-0.1, -0.05) is 91.4 Å². The van der Waals surface area contributed by atoms with Crippen LogP contribution in [0.1, 0.15) is 75.3 Å². The van der Waals surface area contributed by atoms with Crippen LogP contribution in [0.15, 0.2) is 97.6 Å². The van der Waals surface area contributed by atoms with Gasteiger partial charge in [-0.2, -0.15) is 0 Å². The number of rotatable bonds is 12. The zero-order valence-electron chi connectivity index (χ0n) is 21.6. The van der Waals surface area contributed by atoms with Gasteiger partial charge in [-0.25, -0.2) is 0 Å². The Kier molecular flexibility index (Phi) is 11.1. The van der Waals surface area contributed by atoms with Gasteiger partial charge in [0.1, 0.15) is 0 Å². The summed E-state index contributed by atoms with van der Waals surface area (Å²) in [4.78, 5) is 15.6. The van der Waals surface area contributed by atoms with Crippen LogP contribution in [0.5, 0.6) is 0 Å². The molecule has 1 aliphatic heterocycles. The van der Waals surface area contributed by atoms with Crippen molar-refractivity contribution in [2.75, 3.05) is 13.1 Å². The van der Waals surface area contributed by atoms with E-state index in [4.69, 9.17) is 0 Å². The van der Waals surface area contributed by atoms with Crippen LogP contribution in [0.2, 0.25) is 0 Å². The van der Waals surface area contributed by atoms with Crippen molar-refractivity contribution in [3.05, 3.63) is 109 Å². The molecule has 186 valence electrons. The minimum absolute atomic E-state index is 0.106. The topological polar surface area (TPSA) is 20.3 Å². The summed E-state index contributed by atoms with van der Waals surface area (Å²) in [6.07, 6.45) is 14.6. The summed E-state index contributed by atoms with van der Waals surface area (Å²) < 4.78 is 0. The van der Waals surface area contributed by atoms with Crippen molar-refractivity contribution in [1.29, 1.82) is 0 Å². The standard InChI is InChI=1S/C33H43NO/c1-4-14-28(15-5-2)17-12-16-27(3)29-22-13-24-34(25-23-29)33(35)26-32(30-18-8-6-9-19-30)31-20-10-7-11-21-31/h4-11,17-21,27,29,32H,1-2,12-16,22-26H2,3H3. The highest BCUT2D eigenvalue weighted by Crippen LogP contribution is 2.31.